The molecule has 0 spiro atoms. The Kier molecular flexibility index (Phi) is 5.38. The summed E-state index contributed by atoms with van der Waals surface area (Å²) in [5, 5.41) is 1.43. The molecule has 0 aromatic heterocycles. The molecule has 1 aliphatic heterocycles. The van der Waals surface area contributed by atoms with Gasteiger partial charge in [0.05, 0.1) is 0 Å². The maximum atomic E-state index is 2.79. The second-order valence-corrected chi connectivity index (χ2v) is 49.5. The van der Waals surface area contributed by atoms with E-state index in [9.17, 15) is 0 Å². The monoisotopic (exact) mass is 294 g/mol. The molecule has 0 aromatic carbocycles. The van der Waals surface area contributed by atoms with Crippen molar-refractivity contribution in [3.8, 4) is 0 Å². The van der Waals surface area contributed by atoms with Crippen molar-refractivity contribution in [3.63, 3.8) is 0 Å². The van der Waals surface area contributed by atoms with Crippen LogP contribution >= 0.6 is 0 Å². The SMILES string of the molecule is C[SiH]1CC([SiH3])C([SiH3])[SiH2][SiH2][SiH](C)[SiH]1C. The first kappa shape index (κ1) is 12.6. The van der Waals surface area contributed by atoms with Gasteiger partial charge < -0.3 is 0 Å². The molecule has 7 heteroatoms. The fraction of sp³-hybridized carbons (Fsp3) is 1.00. The van der Waals surface area contributed by atoms with Crippen molar-refractivity contribution >= 4 is 62.1 Å². The zero-order valence-electron chi connectivity index (χ0n) is 10.0. The van der Waals surface area contributed by atoms with Gasteiger partial charge in [0.2, 0.25) is 0 Å². The molecular formula is C6H26Si7. The van der Waals surface area contributed by atoms with E-state index in [4.69, 9.17) is 0 Å². The van der Waals surface area contributed by atoms with Gasteiger partial charge in [0.15, 0.2) is 0 Å². The molecule has 0 radical (unpaired) electrons. The Morgan fingerprint density at radius 3 is 2.46 bits per heavy atom. The first-order valence-corrected chi connectivity index (χ1v) is 26.0. The molecule has 0 saturated carbocycles. The summed E-state index contributed by atoms with van der Waals surface area (Å²) in [6.45, 7) is 8.33. The second kappa shape index (κ2) is 5.56. The third-order valence-corrected chi connectivity index (χ3v) is 85.5. The molecule has 13 heavy (non-hydrogen) atoms. The van der Waals surface area contributed by atoms with Crippen molar-refractivity contribution in [2.24, 2.45) is 0 Å². The second-order valence-electron chi connectivity index (χ2n) is 5.58. The molecule has 1 saturated heterocycles. The van der Waals surface area contributed by atoms with Crippen molar-refractivity contribution in [2.75, 3.05) is 0 Å². The Morgan fingerprint density at radius 1 is 1.23 bits per heavy atom. The summed E-state index contributed by atoms with van der Waals surface area (Å²) in [6.07, 6.45) is 0. The maximum absolute atomic E-state index is 2.79. The molecule has 5 atom stereocenters. The Hall–Kier alpha value is 1.52. The average molecular weight is 295 g/mol. The lowest BCUT2D eigenvalue weighted by atomic mass is 10.5. The van der Waals surface area contributed by atoms with Gasteiger partial charge in [-0.3, -0.25) is 0 Å². The van der Waals surface area contributed by atoms with E-state index in [1.165, 1.54) is 10.7 Å². The highest BCUT2D eigenvalue weighted by Gasteiger charge is 2.29. The fourth-order valence-electron chi connectivity index (χ4n) is 2.67. The quantitative estimate of drug-likeness (QED) is 0.412. The van der Waals surface area contributed by atoms with Crippen LogP contribution in [0.4, 0.5) is 0 Å². The highest BCUT2D eigenvalue weighted by Crippen LogP contribution is 2.25. The molecule has 1 fully saturated rings. The minimum Gasteiger partial charge on any atom is -0.0768 e. The van der Waals surface area contributed by atoms with Crippen LogP contribution in [0.1, 0.15) is 0 Å². The largest absolute Gasteiger partial charge is 0.0768 e. The van der Waals surface area contributed by atoms with E-state index >= 15 is 0 Å². The van der Waals surface area contributed by atoms with Gasteiger partial charge in [-0.15, -0.1) is 0 Å². The van der Waals surface area contributed by atoms with Crippen molar-refractivity contribution < 1.29 is 0 Å². The topological polar surface area (TPSA) is 0 Å². The molecule has 5 unspecified atom stereocenters. The van der Waals surface area contributed by atoms with E-state index in [0.717, 1.165) is 0 Å². The number of rotatable bonds is 0. The van der Waals surface area contributed by atoms with Crippen LogP contribution in [0.3, 0.4) is 0 Å². The van der Waals surface area contributed by atoms with Crippen LogP contribution in [0.15, 0.2) is 0 Å². The molecule has 0 bridgehead atoms. The maximum Gasteiger partial charge on any atom is 0.0215 e. The lowest BCUT2D eigenvalue weighted by Gasteiger charge is -2.32. The van der Waals surface area contributed by atoms with Crippen LogP contribution in [-0.4, -0.2) is 62.1 Å². The van der Waals surface area contributed by atoms with Crippen LogP contribution in [0.25, 0.3) is 0 Å². The molecule has 0 aliphatic carbocycles. The van der Waals surface area contributed by atoms with Gasteiger partial charge >= 0.3 is 0 Å². The van der Waals surface area contributed by atoms with Crippen LogP contribution in [-0.2, 0) is 0 Å². The van der Waals surface area contributed by atoms with Crippen LogP contribution < -0.4 is 0 Å². The third-order valence-electron chi connectivity index (χ3n) is 4.59. The normalized spacial score (nSPS) is 52.4. The van der Waals surface area contributed by atoms with E-state index in [1.54, 1.807) is 20.5 Å². The Bertz CT molecular complexity index is 163. The van der Waals surface area contributed by atoms with Gasteiger partial charge in [-0.05, 0) is 8.55 Å². The standard InChI is InChI=1S/C6H26Si7/c1-11-4-5(7)6(8)9-10-12(2)13(11)3/h5-6,11-13H,4,9-10H2,1-3,7-8H3. The highest BCUT2D eigenvalue weighted by atomic mass is 29.9. The summed E-state index contributed by atoms with van der Waals surface area (Å²) in [5.74, 6) is 0. The molecule has 1 heterocycles. The lowest BCUT2D eigenvalue weighted by Crippen LogP contribution is -2.51. The average Bonchev–Trinajstić information content (AvgIpc) is 2.10. The van der Waals surface area contributed by atoms with E-state index in [2.05, 4.69) is 19.6 Å². The van der Waals surface area contributed by atoms with Gasteiger partial charge in [-0.2, -0.15) is 0 Å². The first-order valence-electron chi connectivity index (χ1n) is 6.02. The van der Waals surface area contributed by atoms with E-state index in [1.807, 2.05) is 6.04 Å². The minimum absolute atomic E-state index is 0.0107. The zero-order chi connectivity index (χ0) is 10.0. The Morgan fingerprint density at radius 2 is 1.85 bits per heavy atom. The van der Waals surface area contributed by atoms with E-state index in [0.29, 0.717) is 17.6 Å². The molecule has 0 aromatic rings. The summed E-state index contributed by atoms with van der Waals surface area (Å²) in [4.78, 5) is 0. The summed E-state index contributed by atoms with van der Waals surface area (Å²) >= 11 is 0. The predicted octanol–water partition coefficient (Wildman–Crippen LogP) is -3.26. The molecule has 0 N–H and O–H groups in total. The molecule has 1 aliphatic rings. The van der Waals surface area contributed by atoms with E-state index < -0.39 is 0 Å². The van der Waals surface area contributed by atoms with Gasteiger partial charge in [0.1, 0.15) is 0 Å². The molecule has 78 valence electrons. The third kappa shape index (κ3) is 3.54. The summed E-state index contributed by atoms with van der Waals surface area (Å²) < 4.78 is 0. The summed E-state index contributed by atoms with van der Waals surface area (Å²) in [7, 11) is 4.33. The van der Waals surface area contributed by atoms with Crippen molar-refractivity contribution in [3.05, 3.63) is 0 Å². The van der Waals surface area contributed by atoms with Gasteiger partial charge in [-0.25, -0.2) is 0 Å². The highest BCUT2D eigenvalue weighted by molar-refractivity contribution is 7.67. The molecular weight excluding hydrogens is 269 g/mol. The van der Waals surface area contributed by atoms with Gasteiger partial charge in [0.25, 0.3) is 0 Å². The Balaban J connectivity index is 2.59. The smallest absolute Gasteiger partial charge is 0.0215 e. The van der Waals surface area contributed by atoms with Crippen molar-refractivity contribution in [1.82, 2.24) is 0 Å². The zero-order valence-corrected chi connectivity index (χ0v) is 20.3. The van der Waals surface area contributed by atoms with Gasteiger partial charge in [0, 0.05) is 53.5 Å². The van der Waals surface area contributed by atoms with Crippen LogP contribution in [0, 0.1) is 0 Å². The predicted molar refractivity (Wildman–Crippen MR) is 88.3 cm³/mol. The minimum atomic E-state index is -0.102. The number of hydrogen-bond acceptors (Lipinski definition) is 0. The summed E-state index contributed by atoms with van der Waals surface area (Å²) in [5.41, 5.74) is 1.35. The molecule has 0 nitrogen and oxygen atoms in total. The molecule has 0 amide bonds. The van der Waals surface area contributed by atoms with Crippen LogP contribution in [0.2, 0.25) is 36.4 Å². The lowest BCUT2D eigenvalue weighted by molar-refractivity contribution is 0.998. The first-order chi connectivity index (χ1) is 6.02. The number of hydrogen-bond donors (Lipinski definition) is 0. The van der Waals surface area contributed by atoms with Crippen molar-refractivity contribution in [1.29, 1.82) is 0 Å². The van der Waals surface area contributed by atoms with Crippen molar-refractivity contribution in [2.45, 2.75) is 36.4 Å². The fourth-order valence-corrected chi connectivity index (χ4v) is 111. The van der Waals surface area contributed by atoms with E-state index in [-0.39, 0.29) is 24.0 Å². The Labute approximate surface area is 98.1 Å². The summed E-state index contributed by atoms with van der Waals surface area (Å²) in [6, 6.07) is 1.83. The van der Waals surface area contributed by atoms with Gasteiger partial charge in [-0.1, -0.05) is 36.4 Å². The van der Waals surface area contributed by atoms with Crippen LogP contribution in [0.5, 0.6) is 0 Å². The molecule has 1 rings (SSSR count).